The largest absolute Gasteiger partial charge is 0.495 e. The maximum absolute atomic E-state index is 13.9. The van der Waals surface area contributed by atoms with Crippen LogP contribution >= 0.6 is 11.6 Å². The number of carbonyl (C=O) groups excluding carboxylic acids is 1. The van der Waals surface area contributed by atoms with Crippen LogP contribution in [0.5, 0.6) is 5.75 Å². The first kappa shape index (κ1) is 26.4. The summed E-state index contributed by atoms with van der Waals surface area (Å²) in [6.07, 6.45) is 4.01. The molecular weight excluding hydrogens is 486 g/mol. The fraction of sp³-hybridized carbons (Fsp3) is 0.300. The number of unbranched alkanes of at least 4 members (excludes halogenated alkanes) is 3. The Kier molecular flexibility index (Phi) is 8.62. The number of rotatable bonds is 10. The summed E-state index contributed by atoms with van der Waals surface area (Å²) in [6.45, 7) is 4.58. The van der Waals surface area contributed by atoms with Crippen LogP contribution in [0.25, 0.3) is 16.6 Å². The van der Waals surface area contributed by atoms with Crippen LogP contribution in [-0.4, -0.2) is 34.0 Å². The zero-order valence-corrected chi connectivity index (χ0v) is 22.2. The lowest BCUT2D eigenvalue weighted by Gasteiger charge is -2.31. The molecule has 1 atom stereocenters. The Bertz CT molecular complexity index is 1450. The molecule has 37 heavy (non-hydrogen) atoms. The standard InChI is InChI=1S/C30H32ClN3O3/c1-4-5-6-13-20-33(29(35)22-14-7-9-16-24(22)31)21(2)28-32-25-17-10-8-15-23(25)30(36)34(28)26-18-11-12-19-27(26)37-3/h7-12,14-19,21H,4-6,13,20H2,1-3H3. The van der Waals surface area contributed by atoms with Gasteiger partial charge in [-0.1, -0.05) is 74.2 Å². The molecule has 4 aromatic rings. The highest BCUT2D eigenvalue weighted by atomic mass is 35.5. The number of nitrogens with zero attached hydrogens (tertiary/aromatic N) is 3. The molecule has 7 heteroatoms. The number of hydrogen-bond acceptors (Lipinski definition) is 4. The Hall–Kier alpha value is -3.64. The van der Waals surface area contributed by atoms with Crippen molar-refractivity contribution in [1.29, 1.82) is 0 Å². The molecule has 1 aromatic heterocycles. The third kappa shape index (κ3) is 5.54. The predicted octanol–water partition coefficient (Wildman–Crippen LogP) is 6.83. The number of methoxy groups -OCH3 is 1. The van der Waals surface area contributed by atoms with Crippen molar-refractivity contribution in [3.63, 3.8) is 0 Å². The van der Waals surface area contributed by atoms with Gasteiger partial charge in [0.2, 0.25) is 0 Å². The highest BCUT2D eigenvalue weighted by Gasteiger charge is 2.29. The van der Waals surface area contributed by atoms with Gasteiger partial charge in [0.25, 0.3) is 11.5 Å². The van der Waals surface area contributed by atoms with E-state index in [0.29, 0.717) is 45.3 Å². The van der Waals surface area contributed by atoms with E-state index in [-0.39, 0.29) is 11.5 Å². The third-order valence-corrected chi connectivity index (χ3v) is 6.92. The fourth-order valence-corrected chi connectivity index (χ4v) is 4.80. The molecule has 192 valence electrons. The molecule has 0 bridgehead atoms. The van der Waals surface area contributed by atoms with E-state index in [4.69, 9.17) is 21.3 Å². The maximum atomic E-state index is 13.9. The number of halogens is 1. The van der Waals surface area contributed by atoms with E-state index in [1.165, 1.54) is 0 Å². The van der Waals surface area contributed by atoms with Gasteiger partial charge in [-0.3, -0.25) is 14.2 Å². The van der Waals surface area contributed by atoms with Crippen molar-refractivity contribution in [2.75, 3.05) is 13.7 Å². The SMILES string of the molecule is CCCCCCN(C(=O)c1ccccc1Cl)C(C)c1nc2ccccc2c(=O)n1-c1ccccc1OC. The van der Waals surface area contributed by atoms with E-state index in [9.17, 15) is 9.59 Å². The van der Waals surface area contributed by atoms with Crippen molar-refractivity contribution in [3.05, 3.63) is 99.6 Å². The Morgan fingerprint density at radius 3 is 2.46 bits per heavy atom. The van der Waals surface area contributed by atoms with Crippen LogP contribution in [-0.2, 0) is 0 Å². The van der Waals surface area contributed by atoms with Gasteiger partial charge in [-0.2, -0.15) is 0 Å². The van der Waals surface area contributed by atoms with Gasteiger partial charge >= 0.3 is 0 Å². The minimum atomic E-state index is -0.521. The molecule has 0 aliphatic rings. The van der Waals surface area contributed by atoms with Crippen molar-refractivity contribution >= 4 is 28.4 Å². The van der Waals surface area contributed by atoms with Crippen molar-refractivity contribution in [1.82, 2.24) is 14.5 Å². The van der Waals surface area contributed by atoms with Gasteiger partial charge in [0.05, 0.1) is 40.3 Å². The second-order valence-corrected chi connectivity index (χ2v) is 9.42. The Morgan fingerprint density at radius 1 is 1.00 bits per heavy atom. The number of fused-ring (bicyclic) bond motifs is 1. The minimum Gasteiger partial charge on any atom is -0.495 e. The van der Waals surface area contributed by atoms with E-state index >= 15 is 0 Å². The smallest absolute Gasteiger partial charge is 0.266 e. The normalized spacial score (nSPS) is 11.9. The fourth-order valence-electron chi connectivity index (χ4n) is 4.59. The molecule has 0 N–H and O–H groups in total. The molecule has 4 rings (SSSR count). The van der Waals surface area contributed by atoms with E-state index in [2.05, 4.69) is 6.92 Å². The summed E-state index contributed by atoms with van der Waals surface area (Å²) in [7, 11) is 1.57. The molecular formula is C30H32ClN3O3. The van der Waals surface area contributed by atoms with Gasteiger partial charge < -0.3 is 9.64 Å². The van der Waals surface area contributed by atoms with Crippen LogP contribution in [0, 0.1) is 0 Å². The summed E-state index contributed by atoms with van der Waals surface area (Å²) in [4.78, 5) is 34.5. The molecule has 0 radical (unpaired) electrons. The van der Waals surface area contributed by atoms with Crippen LogP contribution in [0.2, 0.25) is 5.02 Å². The first-order valence-corrected chi connectivity index (χ1v) is 13.1. The van der Waals surface area contributed by atoms with E-state index in [1.54, 1.807) is 46.9 Å². The molecule has 1 heterocycles. The zero-order chi connectivity index (χ0) is 26.4. The average Bonchev–Trinajstić information content (AvgIpc) is 2.92. The molecule has 3 aromatic carbocycles. The Balaban J connectivity index is 1.90. The van der Waals surface area contributed by atoms with Gasteiger partial charge in [-0.05, 0) is 49.7 Å². The summed E-state index contributed by atoms with van der Waals surface area (Å²) in [5.41, 5.74) is 1.37. The monoisotopic (exact) mass is 517 g/mol. The number of ether oxygens (including phenoxy) is 1. The molecule has 0 saturated heterocycles. The second kappa shape index (κ2) is 12.1. The summed E-state index contributed by atoms with van der Waals surface area (Å²) in [5.74, 6) is 0.815. The van der Waals surface area contributed by atoms with Gasteiger partial charge in [-0.15, -0.1) is 0 Å². The molecule has 1 amide bonds. The highest BCUT2D eigenvalue weighted by molar-refractivity contribution is 6.33. The Labute approximate surface area is 222 Å². The van der Waals surface area contributed by atoms with E-state index < -0.39 is 6.04 Å². The predicted molar refractivity (Wildman–Crippen MR) is 149 cm³/mol. The van der Waals surface area contributed by atoms with Crippen LogP contribution in [0.4, 0.5) is 0 Å². The van der Waals surface area contributed by atoms with Crippen LogP contribution in [0.3, 0.4) is 0 Å². The maximum Gasteiger partial charge on any atom is 0.266 e. The number of hydrogen-bond donors (Lipinski definition) is 0. The van der Waals surface area contributed by atoms with Gasteiger partial charge in [0.15, 0.2) is 0 Å². The lowest BCUT2D eigenvalue weighted by Crippen LogP contribution is -2.38. The average molecular weight is 518 g/mol. The first-order chi connectivity index (χ1) is 18.0. The van der Waals surface area contributed by atoms with E-state index in [0.717, 1.165) is 25.7 Å². The van der Waals surface area contributed by atoms with E-state index in [1.807, 2.05) is 49.4 Å². The van der Waals surface area contributed by atoms with Gasteiger partial charge in [-0.25, -0.2) is 4.98 Å². The minimum absolute atomic E-state index is 0.191. The summed E-state index contributed by atoms with van der Waals surface area (Å²) in [5, 5.41) is 0.892. The van der Waals surface area contributed by atoms with Crippen molar-refractivity contribution in [2.24, 2.45) is 0 Å². The number of amides is 1. The van der Waals surface area contributed by atoms with Crippen LogP contribution in [0.1, 0.15) is 61.8 Å². The molecule has 0 aliphatic carbocycles. The van der Waals surface area contributed by atoms with Crippen molar-refractivity contribution < 1.29 is 9.53 Å². The van der Waals surface area contributed by atoms with Crippen LogP contribution < -0.4 is 10.3 Å². The quantitative estimate of drug-likeness (QED) is 0.216. The highest BCUT2D eigenvalue weighted by Crippen LogP contribution is 2.29. The second-order valence-electron chi connectivity index (χ2n) is 9.01. The molecule has 0 saturated carbocycles. The van der Waals surface area contributed by atoms with Crippen molar-refractivity contribution in [3.8, 4) is 11.4 Å². The topological polar surface area (TPSA) is 64.4 Å². The van der Waals surface area contributed by atoms with Gasteiger partial charge in [0.1, 0.15) is 11.6 Å². The lowest BCUT2D eigenvalue weighted by atomic mass is 10.1. The summed E-state index contributed by atoms with van der Waals surface area (Å²) in [6, 6.07) is 21.1. The molecule has 1 unspecified atom stereocenters. The molecule has 6 nitrogen and oxygen atoms in total. The number of benzene rings is 3. The molecule has 0 spiro atoms. The number of para-hydroxylation sites is 3. The lowest BCUT2D eigenvalue weighted by molar-refractivity contribution is 0.0677. The zero-order valence-electron chi connectivity index (χ0n) is 21.5. The molecule has 0 fully saturated rings. The third-order valence-electron chi connectivity index (χ3n) is 6.59. The van der Waals surface area contributed by atoms with Gasteiger partial charge in [0, 0.05) is 6.54 Å². The molecule has 0 aliphatic heterocycles. The van der Waals surface area contributed by atoms with Crippen molar-refractivity contribution in [2.45, 2.75) is 45.6 Å². The first-order valence-electron chi connectivity index (χ1n) is 12.7. The van der Waals surface area contributed by atoms with Crippen LogP contribution in [0.15, 0.2) is 77.6 Å². The number of carbonyl (C=O) groups is 1. The number of aromatic nitrogens is 2. The summed E-state index contributed by atoms with van der Waals surface area (Å²) >= 11 is 6.43. The summed E-state index contributed by atoms with van der Waals surface area (Å²) < 4.78 is 7.18. The Morgan fingerprint density at radius 2 is 1.70 bits per heavy atom.